The molecule has 0 saturated heterocycles. The van der Waals surface area contributed by atoms with Gasteiger partial charge in [0.2, 0.25) is 0 Å². The van der Waals surface area contributed by atoms with Crippen LogP contribution in [0.2, 0.25) is 0 Å². The van der Waals surface area contributed by atoms with Crippen molar-refractivity contribution in [1.29, 1.82) is 0 Å². The molecule has 0 aromatic carbocycles. The fraction of sp³-hybridized carbons (Fsp3) is 0.786. The lowest BCUT2D eigenvalue weighted by Gasteiger charge is -2.21. The van der Waals surface area contributed by atoms with Gasteiger partial charge in [0.05, 0.1) is 6.20 Å². The predicted molar refractivity (Wildman–Crippen MR) is 70.9 cm³/mol. The molecule has 0 radical (unpaired) electrons. The molecule has 1 aromatic heterocycles. The Morgan fingerprint density at radius 3 is 2.94 bits per heavy atom. The molecule has 0 amide bonds. The number of nitrogens with one attached hydrogen (secondary N) is 1. The van der Waals surface area contributed by atoms with Crippen LogP contribution < -0.4 is 5.32 Å². The van der Waals surface area contributed by atoms with Crippen molar-refractivity contribution in [3.05, 3.63) is 18.0 Å². The molecule has 0 spiro atoms. The third-order valence-corrected chi connectivity index (χ3v) is 4.14. The Balaban J connectivity index is 1.86. The fourth-order valence-corrected chi connectivity index (χ4v) is 3.03. The van der Waals surface area contributed by atoms with Gasteiger partial charge in [0.15, 0.2) is 0 Å². The van der Waals surface area contributed by atoms with Crippen molar-refractivity contribution >= 4 is 0 Å². The van der Waals surface area contributed by atoms with E-state index in [-0.39, 0.29) is 0 Å². The average molecular weight is 235 g/mol. The largest absolute Gasteiger partial charge is 0.314 e. The monoisotopic (exact) mass is 235 g/mol. The van der Waals surface area contributed by atoms with E-state index in [0.29, 0.717) is 0 Å². The molecule has 17 heavy (non-hydrogen) atoms. The van der Waals surface area contributed by atoms with Crippen molar-refractivity contribution in [2.75, 3.05) is 6.54 Å². The predicted octanol–water partition coefficient (Wildman–Crippen LogP) is 2.38. The van der Waals surface area contributed by atoms with E-state index in [1.807, 2.05) is 17.9 Å². The Labute approximate surface area is 105 Å². The van der Waals surface area contributed by atoms with Crippen LogP contribution in [-0.2, 0) is 13.5 Å². The first-order chi connectivity index (χ1) is 8.20. The van der Waals surface area contributed by atoms with Gasteiger partial charge >= 0.3 is 0 Å². The van der Waals surface area contributed by atoms with Crippen LogP contribution in [0.1, 0.15) is 38.7 Å². The molecule has 3 nitrogen and oxygen atoms in total. The molecule has 1 saturated carbocycles. The van der Waals surface area contributed by atoms with Gasteiger partial charge in [0, 0.05) is 19.3 Å². The Bertz CT molecular complexity index is 345. The zero-order valence-electron chi connectivity index (χ0n) is 11.3. The standard InChI is InChI=1S/C14H25N3/c1-4-7-15-14-6-5-13(11(14)2)8-12-9-16-17(3)10-12/h9-11,13-15H,4-8H2,1-3H3. The van der Waals surface area contributed by atoms with E-state index >= 15 is 0 Å². The van der Waals surface area contributed by atoms with Gasteiger partial charge in [-0.25, -0.2) is 0 Å². The lowest BCUT2D eigenvalue weighted by atomic mass is 9.90. The van der Waals surface area contributed by atoms with Gasteiger partial charge in [-0.15, -0.1) is 0 Å². The molecule has 0 aliphatic heterocycles. The Morgan fingerprint density at radius 2 is 2.29 bits per heavy atom. The van der Waals surface area contributed by atoms with Crippen LogP contribution in [0.3, 0.4) is 0 Å². The minimum Gasteiger partial charge on any atom is -0.314 e. The summed E-state index contributed by atoms with van der Waals surface area (Å²) in [7, 11) is 1.99. The molecule has 1 aromatic rings. The molecule has 1 heterocycles. The zero-order valence-corrected chi connectivity index (χ0v) is 11.3. The SMILES string of the molecule is CCCNC1CCC(Cc2cnn(C)c2)C1C. The first-order valence-corrected chi connectivity index (χ1v) is 6.91. The van der Waals surface area contributed by atoms with Crippen LogP contribution in [0.5, 0.6) is 0 Å². The van der Waals surface area contributed by atoms with Crippen molar-refractivity contribution in [2.24, 2.45) is 18.9 Å². The van der Waals surface area contributed by atoms with Crippen molar-refractivity contribution < 1.29 is 0 Å². The third-order valence-electron chi connectivity index (χ3n) is 4.14. The quantitative estimate of drug-likeness (QED) is 0.849. The molecule has 1 N–H and O–H groups in total. The highest BCUT2D eigenvalue weighted by molar-refractivity contribution is 5.06. The van der Waals surface area contributed by atoms with Crippen LogP contribution in [0.4, 0.5) is 0 Å². The average Bonchev–Trinajstić information content (AvgIpc) is 2.86. The Morgan fingerprint density at radius 1 is 1.47 bits per heavy atom. The van der Waals surface area contributed by atoms with Crippen molar-refractivity contribution in [3.63, 3.8) is 0 Å². The van der Waals surface area contributed by atoms with Crippen molar-refractivity contribution in [1.82, 2.24) is 15.1 Å². The van der Waals surface area contributed by atoms with Crippen molar-refractivity contribution in [3.8, 4) is 0 Å². The second kappa shape index (κ2) is 5.67. The maximum Gasteiger partial charge on any atom is 0.0521 e. The molecule has 1 fully saturated rings. The van der Waals surface area contributed by atoms with E-state index in [4.69, 9.17) is 0 Å². The Hall–Kier alpha value is -0.830. The normalized spacial score (nSPS) is 28.8. The van der Waals surface area contributed by atoms with Gasteiger partial charge in [-0.05, 0) is 49.6 Å². The van der Waals surface area contributed by atoms with Crippen molar-refractivity contribution in [2.45, 2.75) is 45.6 Å². The van der Waals surface area contributed by atoms with Crippen LogP contribution in [-0.4, -0.2) is 22.4 Å². The minimum absolute atomic E-state index is 0.733. The first-order valence-electron chi connectivity index (χ1n) is 6.91. The summed E-state index contributed by atoms with van der Waals surface area (Å²) < 4.78 is 1.90. The van der Waals surface area contributed by atoms with E-state index in [1.165, 1.54) is 31.2 Å². The lowest BCUT2D eigenvalue weighted by Crippen LogP contribution is -2.33. The van der Waals surface area contributed by atoms with Gasteiger partial charge in [-0.1, -0.05) is 13.8 Å². The summed E-state index contributed by atoms with van der Waals surface area (Å²) in [6.45, 7) is 5.80. The summed E-state index contributed by atoms with van der Waals surface area (Å²) in [5.41, 5.74) is 1.39. The van der Waals surface area contributed by atoms with Gasteiger partial charge in [-0.3, -0.25) is 4.68 Å². The highest BCUT2D eigenvalue weighted by Gasteiger charge is 2.32. The number of nitrogens with zero attached hydrogens (tertiary/aromatic N) is 2. The maximum absolute atomic E-state index is 4.25. The number of rotatable bonds is 5. The number of aryl methyl sites for hydroxylation is 1. The number of hydrogen-bond donors (Lipinski definition) is 1. The molecule has 3 heteroatoms. The summed E-state index contributed by atoms with van der Waals surface area (Å²) in [6.07, 6.45) is 9.29. The molecule has 0 bridgehead atoms. The zero-order chi connectivity index (χ0) is 12.3. The topological polar surface area (TPSA) is 29.9 Å². The molecule has 96 valence electrons. The van der Waals surface area contributed by atoms with Gasteiger partial charge in [0.1, 0.15) is 0 Å². The van der Waals surface area contributed by atoms with Crippen LogP contribution in [0.25, 0.3) is 0 Å². The summed E-state index contributed by atoms with van der Waals surface area (Å²) in [5.74, 6) is 1.62. The lowest BCUT2D eigenvalue weighted by molar-refractivity contribution is 0.351. The van der Waals surface area contributed by atoms with E-state index < -0.39 is 0 Å². The fourth-order valence-electron chi connectivity index (χ4n) is 3.03. The third kappa shape index (κ3) is 3.09. The van der Waals surface area contributed by atoms with Crippen LogP contribution in [0, 0.1) is 11.8 Å². The molecule has 3 unspecified atom stereocenters. The van der Waals surface area contributed by atoms with E-state index in [2.05, 4.69) is 30.5 Å². The van der Waals surface area contributed by atoms with Gasteiger partial charge in [0.25, 0.3) is 0 Å². The van der Waals surface area contributed by atoms with E-state index in [9.17, 15) is 0 Å². The van der Waals surface area contributed by atoms with E-state index in [0.717, 1.165) is 24.4 Å². The molecule has 1 aliphatic carbocycles. The van der Waals surface area contributed by atoms with Crippen LogP contribution >= 0.6 is 0 Å². The summed E-state index contributed by atoms with van der Waals surface area (Å²) in [4.78, 5) is 0. The molecule has 2 rings (SSSR count). The second-order valence-corrected chi connectivity index (χ2v) is 5.48. The van der Waals surface area contributed by atoms with E-state index in [1.54, 1.807) is 0 Å². The number of hydrogen-bond acceptors (Lipinski definition) is 2. The van der Waals surface area contributed by atoms with Gasteiger partial charge in [-0.2, -0.15) is 5.10 Å². The number of aromatic nitrogens is 2. The van der Waals surface area contributed by atoms with Gasteiger partial charge < -0.3 is 5.32 Å². The summed E-state index contributed by atoms with van der Waals surface area (Å²) in [6, 6.07) is 0.733. The molecule has 1 aliphatic rings. The smallest absolute Gasteiger partial charge is 0.0521 e. The molecular weight excluding hydrogens is 210 g/mol. The summed E-state index contributed by atoms with van der Waals surface area (Å²) >= 11 is 0. The molecule has 3 atom stereocenters. The van der Waals surface area contributed by atoms with Crippen LogP contribution in [0.15, 0.2) is 12.4 Å². The Kier molecular flexibility index (Phi) is 4.21. The highest BCUT2D eigenvalue weighted by atomic mass is 15.2. The highest BCUT2D eigenvalue weighted by Crippen LogP contribution is 2.34. The summed E-state index contributed by atoms with van der Waals surface area (Å²) in [5, 5.41) is 7.93. The maximum atomic E-state index is 4.25. The minimum atomic E-state index is 0.733. The second-order valence-electron chi connectivity index (χ2n) is 5.48. The molecular formula is C14H25N3. The first kappa shape index (κ1) is 12.6.